The molecule has 7 heteroatoms. The van der Waals surface area contributed by atoms with E-state index in [1.807, 2.05) is 24.3 Å². The van der Waals surface area contributed by atoms with Gasteiger partial charge in [-0.1, -0.05) is 12.1 Å². The number of anilines is 1. The van der Waals surface area contributed by atoms with Crippen LogP contribution < -0.4 is 10.1 Å². The number of methoxy groups -OCH3 is 1. The molecule has 3 rings (SSSR count). The van der Waals surface area contributed by atoms with Gasteiger partial charge in [-0.15, -0.1) is 0 Å². The predicted octanol–water partition coefficient (Wildman–Crippen LogP) is 2.98. The minimum atomic E-state index is -0.209. The highest BCUT2D eigenvalue weighted by atomic mass is 16.5. The van der Waals surface area contributed by atoms with Gasteiger partial charge in [0.1, 0.15) is 18.1 Å². The smallest absolute Gasteiger partial charge is 0.322 e. The molecule has 1 aliphatic rings. The maximum Gasteiger partial charge on any atom is 0.322 e. The number of benzene rings is 2. The van der Waals surface area contributed by atoms with E-state index < -0.39 is 0 Å². The fourth-order valence-corrected chi connectivity index (χ4v) is 2.77. The molecule has 7 nitrogen and oxygen atoms in total. The molecule has 0 saturated heterocycles. The van der Waals surface area contributed by atoms with Gasteiger partial charge in [0.05, 0.1) is 32.9 Å². The molecule has 0 atom stereocenters. The molecule has 0 saturated carbocycles. The number of urea groups is 1. The van der Waals surface area contributed by atoms with Crippen LogP contribution in [0.1, 0.15) is 11.1 Å². The number of phenolic OH excluding ortho intramolecular Hbond substituents is 1. The third-order valence-corrected chi connectivity index (χ3v) is 4.22. The fraction of sp³-hybridized carbons (Fsp3) is 0.350. The molecule has 2 N–H and O–H groups in total. The number of nitrogens with one attached hydrogen (secondary N) is 1. The Bertz CT molecular complexity index is 763. The first kappa shape index (κ1) is 19.0. The van der Waals surface area contributed by atoms with E-state index in [1.165, 1.54) is 0 Å². The van der Waals surface area contributed by atoms with Gasteiger partial charge in [-0.25, -0.2) is 4.79 Å². The Hall–Kier alpha value is -2.77. The standard InChI is InChI=1S/C20H24N2O5/c1-25-10-11-26-14-15-2-4-17(5-3-15)21-20(24)22-8-9-27-19-7-6-18(23)12-16(19)13-22/h2-7,12,23H,8-11,13-14H2,1H3,(H,21,24). The van der Waals surface area contributed by atoms with Gasteiger partial charge in [0.15, 0.2) is 0 Å². The van der Waals surface area contributed by atoms with Crippen molar-refractivity contribution in [3.05, 3.63) is 53.6 Å². The van der Waals surface area contributed by atoms with Crippen molar-refractivity contribution in [1.82, 2.24) is 4.90 Å². The minimum absolute atomic E-state index is 0.155. The van der Waals surface area contributed by atoms with Crippen molar-refractivity contribution in [1.29, 1.82) is 0 Å². The average molecular weight is 372 g/mol. The lowest BCUT2D eigenvalue weighted by molar-refractivity contribution is 0.0617. The van der Waals surface area contributed by atoms with Gasteiger partial charge in [0.2, 0.25) is 0 Å². The number of carbonyl (C=O) groups is 1. The summed E-state index contributed by atoms with van der Waals surface area (Å²) in [5.74, 6) is 0.851. The van der Waals surface area contributed by atoms with E-state index in [4.69, 9.17) is 14.2 Å². The molecule has 2 aromatic rings. The lowest BCUT2D eigenvalue weighted by atomic mass is 10.2. The van der Waals surface area contributed by atoms with Crippen molar-refractivity contribution in [3.63, 3.8) is 0 Å². The van der Waals surface area contributed by atoms with Gasteiger partial charge in [-0.05, 0) is 35.9 Å². The number of hydrogen-bond donors (Lipinski definition) is 2. The summed E-state index contributed by atoms with van der Waals surface area (Å²) in [7, 11) is 1.64. The molecule has 1 heterocycles. The summed E-state index contributed by atoms with van der Waals surface area (Å²) in [6.07, 6.45) is 0. The Labute approximate surface area is 158 Å². The molecule has 0 unspecified atom stereocenters. The van der Waals surface area contributed by atoms with Gasteiger partial charge < -0.3 is 29.5 Å². The second-order valence-corrected chi connectivity index (χ2v) is 6.23. The minimum Gasteiger partial charge on any atom is -0.508 e. The SMILES string of the molecule is COCCOCc1ccc(NC(=O)N2CCOc3ccc(O)cc3C2)cc1. The van der Waals surface area contributed by atoms with E-state index in [9.17, 15) is 9.90 Å². The van der Waals surface area contributed by atoms with Crippen molar-refractivity contribution in [2.75, 3.05) is 38.8 Å². The summed E-state index contributed by atoms with van der Waals surface area (Å²) >= 11 is 0. The Morgan fingerprint density at radius 1 is 1.22 bits per heavy atom. The van der Waals surface area contributed by atoms with E-state index in [-0.39, 0.29) is 11.8 Å². The van der Waals surface area contributed by atoms with Crippen LogP contribution in [0.3, 0.4) is 0 Å². The first-order valence-corrected chi connectivity index (χ1v) is 8.82. The zero-order chi connectivity index (χ0) is 19.1. The van der Waals surface area contributed by atoms with Crippen molar-refractivity contribution < 1.29 is 24.1 Å². The number of ether oxygens (including phenoxy) is 3. The van der Waals surface area contributed by atoms with E-state index in [0.29, 0.717) is 51.0 Å². The Balaban J connectivity index is 1.56. The van der Waals surface area contributed by atoms with E-state index in [1.54, 1.807) is 30.2 Å². The number of amides is 2. The van der Waals surface area contributed by atoms with Gasteiger partial charge in [0.25, 0.3) is 0 Å². The normalized spacial score (nSPS) is 13.4. The average Bonchev–Trinajstić information content (AvgIpc) is 2.88. The largest absolute Gasteiger partial charge is 0.508 e. The summed E-state index contributed by atoms with van der Waals surface area (Å²) in [6, 6.07) is 12.2. The summed E-state index contributed by atoms with van der Waals surface area (Å²) in [5.41, 5.74) is 2.52. The third kappa shape index (κ3) is 5.35. The molecular weight excluding hydrogens is 348 g/mol. The molecule has 0 bridgehead atoms. The van der Waals surface area contributed by atoms with Crippen LogP contribution in [0.5, 0.6) is 11.5 Å². The van der Waals surface area contributed by atoms with Crippen molar-refractivity contribution >= 4 is 11.7 Å². The van der Waals surface area contributed by atoms with Crippen LogP contribution in [-0.4, -0.2) is 49.5 Å². The zero-order valence-electron chi connectivity index (χ0n) is 15.3. The molecule has 0 radical (unpaired) electrons. The number of hydrogen-bond acceptors (Lipinski definition) is 5. The number of rotatable bonds is 6. The van der Waals surface area contributed by atoms with Crippen LogP contribution in [0.25, 0.3) is 0 Å². The number of phenols is 1. The highest BCUT2D eigenvalue weighted by Gasteiger charge is 2.20. The Morgan fingerprint density at radius 2 is 2.04 bits per heavy atom. The number of fused-ring (bicyclic) bond motifs is 1. The highest BCUT2D eigenvalue weighted by molar-refractivity contribution is 5.89. The molecule has 0 spiro atoms. The lowest BCUT2D eigenvalue weighted by Crippen LogP contribution is -2.36. The molecule has 0 fully saturated rings. The quantitative estimate of drug-likeness (QED) is 0.762. The summed E-state index contributed by atoms with van der Waals surface area (Å²) < 4.78 is 16.1. The van der Waals surface area contributed by atoms with Crippen LogP contribution >= 0.6 is 0 Å². The molecule has 1 aliphatic heterocycles. The first-order chi connectivity index (χ1) is 13.2. The molecule has 0 aliphatic carbocycles. The van der Waals surface area contributed by atoms with Gasteiger partial charge in [-0.2, -0.15) is 0 Å². The lowest BCUT2D eigenvalue weighted by Gasteiger charge is -2.20. The summed E-state index contributed by atoms with van der Waals surface area (Å²) in [6.45, 7) is 2.86. The number of carbonyl (C=O) groups excluding carboxylic acids is 1. The topological polar surface area (TPSA) is 80.3 Å². The predicted molar refractivity (Wildman–Crippen MR) is 101 cm³/mol. The molecule has 0 aromatic heterocycles. The van der Waals surface area contributed by atoms with Crippen LogP contribution in [0.15, 0.2) is 42.5 Å². The number of aromatic hydroxyl groups is 1. The molecular formula is C20H24N2O5. The fourth-order valence-electron chi connectivity index (χ4n) is 2.77. The van der Waals surface area contributed by atoms with Crippen LogP contribution in [0, 0.1) is 0 Å². The zero-order valence-corrected chi connectivity index (χ0v) is 15.3. The number of nitrogens with zero attached hydrogens (tertiary/aromatic N) is 1. The van der Waals surface area contributed by atoms with E-state index in [2.05, 4.69) is 5.32 Å². The van der Waals surface area contributed by atoms with Crippen molar-refractivity contribution in [3.8, 4) is 11.5 Å². The maximum atomic E-state index is 12.6. The molecule has 2 aromatic carbocycles. The maximum absolute atomic E-state index is 12.6. The third-order valence-electron chi connectivity index (χ3n) is 4.22. The van der Waals surface area contributed by atoms with Gasteiger partial charge in [0, 0.05) is 18.4 Å². The Morgan fingerprint density at radius 3 is 2.81 bits per heavy atom. The van der Waals surface area contributed by atoms with Crippen LogP contribution in [-0.2, 0) is 22.6 Å². The monoisotopic (exact) mass is 372 g/mol. The summed E-state index contributed by atoms with van der Waals surface area (Å²) in [4.78, 5) is 14.3. The molecule has 2 amide bonds. The second-order valence-electron chi connectivity index (χ2n) is 6.23. The highest BCUT2D eigenvalue weighted by Crippen LogP contribution is 2.27. The Kier molecular flexibility index (Phi) is 6.51. The second kappa shape index (κ2) is 9.25. The van der Waals surface area contributed by atoms with Gasteiger partial charge >= 0.3 is 6.03 Å². The van der Waals surface area contributed by atoms with Crippen molar-refractivity contribution in [2.45, 2.75) is 13.2 Å². The van der Waals surface area contributed by atoms with Gasteiger partial charge in [-0.3, -0.25) is 0 Å². The van der Waals surface area contributed by atoms with E-state index >= 15 is 0 Å². The summed E-state index contributed by atoms with van der Waals surface area (Å²) in [5, 5.41) is 12.6. The molecule has 27 heavy (non-hydrogen) atoms. The first-order valence-electron chi connectivity index (χ1n) is 8.82. The molecule has 144 valence electrons. The van der Waals surface area contributed by atoms with Crippen molar-refractivity contribution in [2.24, 2.45) is 0 Å². The van der Waals surface area contributed by atoms with Crippen LogP contribution in [0.2, 0.25) is 0 Å². The van der Waals surface area contributed by atoms with E-state index in [0.717, 1.165) is 11.1 Å². The van der Waals surface area contributed by atoms with Crippen LogP contribution in [0.4, 0.5) is 10.5 Å².